The first-order chi connectivity index (χ1) is 9.21. The summed E-state index contributed by atoms with van der Waals surface area (Å²) in [6, 6.07) is 0. The van der Waals surface area contributed by atoms with Crippen molar-refractivity contribution in [3.8, 4) is 0 Å². The van der Waals surface area contributed by atoms with E-state index in [1.807, 2.05) is 0 Å². The number of halogens is 6. The van der Waals surface area contributed by atoms with Gasteiger partial charge in [0.15, 0.2) is 5.71 Å². The molecule has 2 aliphatic rings. The van der Waals surface area contributed by atoms with E-state index in [9.17, 15) is 26.3 Å². The van der Waals surface area contributed by atoms with Crippen LogP contribution in [-0.4, -0.2) is 18.1 Å². The lowest BCUT2D eigenvalue weighted by Crippen LogP contribution is -2.40. The third kappa shape index (κ3) is 2.99. The van der Waals surface area contributed by atoms with E-state index in [1.165, 1.54) is 12.2 Å². The normalized spacial score (nSPS) is 26.1. The van der Waals surface area contributed by atoms with Gasteiger partial charge in [-0.2, -0.15) is 31.4 Å². The van der Waals surface area contributed by atoms with Gasteiger partial charge in [-0.1, -0.05) is 12.2 Å². The molecule has 8 heteroatoms. The number of nitrogens with one attached hydrogen (secondary N) is 1. The predicted octanol–water partition coefficient (Wildman–Crippen LogP) is 4.07. The fourth-order valence-corrected chi connectivity index (χ4v) is 2.36. The molecule has 0 spiro atoms. The van der Waals surface area contributed by atoms with Crippen LogP contribution in [0.2, 0.25) is 0 Å². The molecule has 0 fully saturated rings. The van der Waals surface area contributed by atoms with Gasteiger partial charge in [0.1, 0.15) is 5.70 Å². The second kappa shape index (κ2) is 5.14. The molecular weight excluding hydrogens is 286 g/mol. The highest BCUT2D eigenvalue weighted by Gasteiger charge is 2.48. The number of hydrogen-bond acceptors (Lipinski definition) is 2. The van der Waals surface area contributed by atoms with Crippen LogP contribution < -0.4 is 5.43 Å². The van der Waals surface area contributed by atoms with Crippen LogP contribution in [0.15, 0.2) is 28.5 Å². The fourth-order valence-electron chi connectivity index (χ4n) is 2.36. The maximum atomic E-state index is 12.9. The van der Waals surface area contributed by atoms with Crippen LogP contribution in [-0.2, 0) is 0 Å². The lowest BCUT2D eigenvalue weighted by atomic mass is 9.84. The summed E-state index contributed by atoms with van der Waals surface area (Å²) in [5.74, 6) is -1.45. The first-order valence-corrected chi connectivity index (χ1v) is 6.09. The third-order valence-electron chi connectivity index (χ3n) is 3.25. The van der Waals surface area contributed by atoms with Crippen molar-refractivity contribution in [3.63, 3.8) is 0 Å². The molecular formula is C12H12F6N2. The molecule has 0 radical (unpaired) electrons. The summed E-state index contributed by atoms with van der Waals surface area (Å²) in [7, 11) is 0. The zero-order chi connectivity index (χ0) is 15.0. The van der Waals surface area contributed by atoms with E-state index in [-0.39, 0.29) is 12.0 Å². The molecule has 0 saturated carbocycles. The number of hydrazone groups is 1. The van der Waals surface area contributed by atoms with Gasteiger partial charge in [-0.25, -0.2) is 0 Å². The summed E-state index contributed by atoms with van der Waals surface area (Å²) in [6.07, 6.45) is -5.23. The third-order valence-corrected chi connectivity index (χ3v) is 3.25. The van der Waals surface area contributed by atoms with E-state index in [1.54, 1.807) is 5.43 Å². The summed E-state index contributed by atoms with van der Waals surface area (Å²) in [5, 5.41) is 2.92. The van der Waals surface area contributed by atoms with E-state index in [4.69, 9.17) is 0 Å². The zero-order valence-corrected chi connectivity index (χ0v) is 10.3. The van der Waals surface area contributed by atoms with E-state index in [0.717, 1.165) is 0 Å². The zero-order valence-electron chi connectivity index (χ0n) is 10.3. The van der Waals surface area contributed by atoms with Crippen molar-refractivity contribution < 1.29 is 26.3 Å². The molecule has 1 unspecified atom stereocenters. The lowest BCUT2D eigenvalue weighted by Gasteiger charge is -2.30. The van der Waals surface area contributed by atoms with Crippen LogP contribution in [0, 0.1) is 5.92 Å². The van der Waals surface area contributed by atoms with Gasteiger partial charge in [-0.05, 0) is 31.3 Å². The average molecular weight is 298 g/mol. The van der Waals surface area contributed by atoms with Crippen LogP contribution in [0.25, 0.3) is 0 Å². The molecule has 0 aromatic heterocycles. The van der Waals surface area contributed by atoms with E-state index in [0.29, 0.717) is 19.3 Å². The van der Waals surface area contributed by atoms with Crippen LogP contribution in [0.3, 0.4) is 0 Å². The minimum atomic E-state index is -4.76. The van der Waals surface area contributed by atoms with E-state index >= 15 is 0 Å². The first-order valence-electron chi connectivity index (χ1n) is 6.09. The van der Waals surface area contributed by atoms with Crippen molar-refractivity contribution >= 4 is 5.71 Å². The quantitative estimate of drug-likeness (QED) is 0.529. The molecule has 1 aliphatic heterocycles. The fraction of sp³-hybridized carbons (Fsp3) is 0.583. The first kappa shape index (κ1) is 14.9. The van der Waals surface area contributed by atoms with E-state index < -0.39 is 29.7 Å². The number of alkyl halides is 6. The van der Waals surface area contributed by atoms with Crippen LogP contribution in [0.5, 0.6) is 0 Å². The van der Waals surface area contributed by atoms with Crippen LogP contribution >= 0.6 is 0 Å². The summed E-state index contributed by atoms with van der Waals surface area (Å²) < 4.78 is 77.2. The second-order valence-corrected chi connectivity index (χ2v) is 4.66. The van der Waals surface area contributed by atoms with Gasteiger partial charge >= 0.3 is 12.4 Å². The standard InChI is InChI=1S/C12H12F6N2/c13-11(14,15)9-7-5-3-1-2-4-6-8(7)10(20-19-9)12(16,17)18/h3,5,7,20H,1-2,4,6H2/b5-3-. The Bertz CT molecular complexity index is 469. The summed E-state index contributed by atoms with van der Waals surface area (Å²) in [4.78, 5) is 0. The minimum absolute atomic E-state index is 0.0219. The number of rotatable bonds is 0. The number of fused-ring (bicyclic) bond motifs is 1. The molecule has 0 amide bonds. The Morgan fingerprint density at radius 3 is 2.35 bits per heavy atom. The number of allylic oxidation sites excluding steroid dienone is 4. The molecule has 20 heavy (non-hydrogen) atoms. The highest BCUT2D eigenvalue weighted by atomic mass is 19.4. The molecule has 2 rings (SSSR count). The Balaban J connectivity index is 2.49. The highest BCUT2D eigenvalue weighted by Crippen LogP contribution is 2.39. The lowest BCUT2D eigenvalue weighted by molar-refractivity contribution is -0.0997. The van der Waals surface area contributed by atoms with Crippen molar-refractivity contribution in [2.45, 2.75) is 38.0 Å². The molecule has 1 N–H and O–H groups in total. The highest BCUT2D eigenvalue weighted by molar-refractivity contribution is 5.96. The predicted molar refractivity (Wildman–Crippen MR) is 60.8 cm³/mol. The van der Waals surface area contributed by atoms with Gasteiger partial charge in [0.25, 0.3) is 0 Å². The van der Waals surface area contributed by atoms with E-state index in [2.05, 4.69) is 5.10 Å². The minimum Gasteiger partial charge on any atom is -0.273 e. The SMILES string of the molecule is FC(F)(F)C1=NNC(C(F)(F)F)=C2CCCC/C=C\C12. The second-order valence-electron chi connectivity index (χ2n) is 4.66. The molecule has 2 nitrogen and oxygen atoms in total. The van der Waals surface area contributed by atoms with Gasteiger partial charge in [0.05, 0.1) is 0 Å². The molecule has 1 atom stereocenters. The van der Waals surface area contributed by atoms with Crippen molar-refractivity contribution in [1.29, 1.82) is 0 Å². The Kier molecular flexibility index (Phi) is 3.84. The molecule has 0 aromatic carbocycles. The van der Waals surface area contributed by atoms with Gasteiger partial charge in [0.2, 0.25) is 0 Å². The Labute approximate surface area is 111 Å². The monoisotopic (exact) mass is 298 g/mol. The number of hydrogen-bond donors (Lipinski definition) is 1. The van der Waals surface area contributed by atoms with Gasteiger partial charge in [-0.3, -0.25) is 5.43 Å². The molecule has 0 aromatic rings. The van der Waals surface area contributed by atoms with Gasteiger partial charge < -0.3 is 0 Å². The molecule has 1 aliphatic carbocycles. The summed E-state index contributed by atoms with van der Waals surface area (Å²) in [6.45, 7) is 0. The Morgan fingerprint density at radius 1 is 1.05 bits per heavy atom. The van der Waals surface area contributed by atoms with Crippen molar-refractivity contribution in [1.82, 2.24) is 5.43 Å². The molecule has 112 valence electrons. The van der Waals surface area contributed by atoms with Crippen LogP contribution in [0.4, 0.5) is 26.3 Å². The smallest absolute Gasteiger partial charge is 0.273 e. The van der Waals surface area contributed by atoms with Crippen molar-refractivity contribution in [3.05, 3.63) is 23.4 Å². The largest absolute Gasteiger partial charge is 0.432 e. The Morgan fingerprint density at radius 2 is 1.75 bits per heavy atom. The van der Waals surface area contributed by atoms with Crippen LogP contribution in [0.1, 0.15) is 25.7 Å². The van der Waals surface area contributed by atoms with Crippen molar-refractivity contribution in [2.75, 3.05) is 0 Å². The number of nitrogens with zero attached hydrogens (tertiary/aromatic N) is 1. The molecule has 0 bridgehead atoms. The van der Waals surface area contributed by atoms with Gasteiger partial charge in [-0.15, -0.1) is 0 Å². The van der Waals surface area contributed by atoms with Crippen molar-refractivity contribution in [2.24, 2.45) is 11.0 Å². The average Bonchev–Trinajstić information content (AvgIpc) is 2.25. The Hall–Kier alpha value is -1.47. The maximum Gasteiger partial charge on any atom is 0.432 e. The summed E-state index contributed by atoms with van der Waals surface area (Å²) in [5.41, 5.74) is -1.12. The van der Waals surface area contributed by atoms with Gasteiger partial charge in [0, 0.05) is 5.92 Å². The molecule has 0 saturated heterocycles. The topological polar surface area (TPSA) is 24.4 Å². The molecule has 1 heterocycles. The summed E-state index contributed by atoms with van der Waals surface area (Å²) >= 11 is 0. The maximum absolute atomic E-state index is 12.9.